The van der Waals surface area contributed by atoms with Crippen molar-refractivity contribution in [3.8, 4) is 0 Å². The van der Waals surface area contributed by atoms with Gasteiger partial charge in [0.1, 0.15) is 6.54 Å². The Bertz CT molecular complexity index is 986. The van der Waals surface area contributed by atoms with Crippen molar-refractivity contribution >= 4 is 11.9 Å². The fourth-order valence-corrected chi connectivity index (χ4v) is 3.64. The molecular weight excluding hydrogens is 431 g/mol. The Labute approximate surface area is 182 Å². The molecule has 2 aromatic rings. The molecule has 1 saturated heterocycles. The summed E-state index contributed by atoms with van der Waals surface area (Å²) in [4.78, 5) is 37.8. The molecule has 2 atom stereocenters. The number of aliphatic carboxylic acids is 1. The minimum Gasteiger partial charge on any atom is -0.475 e. The van der Waals surface area contributed by atoms with Gasteiger partial charge in [-0.3, -0.25) is 14.3 Å². The molecule has 0 saturated carbocycles. The number of carboxylic acid groups (broad SMARTS) is 1. The first-order valence-electron chi connectivity index (χ1n) is 9.79. The van der Waals surface area contributed by atoms with E-state index in [0.717, 1.165) is 18.4 Å². The number of carbonyl (C=O) groups excluding carboxylic acids is 1. The summed E-state index contributed by atoms with van der Waals surface area (Å²) >= 11 is 0. The van der Waals surface area contributed by atoms with Crippen LogP contribution in [0.15, 0.2) is 41.6 Å². The number of likely N-dealkylation sites (N-methyl/N-ethyl adjacent to an activating group) is 1. The molecule has 1 N–H and O–H groups in total. The molecule has 3 rings (SSSR count). The smallest absolute Gasteiger partial charge is 0.475 e. The molecule has 0 aromatic carbocycles. The van der Waals surface area contributed by atoms with E-state index in [-0.39, 0.29) is 24.1 Å². The summed E-state index contributed by atoms with van der Waals surface area (Å²) in [5, 5.41) is 11.4. The highest BCUT2D eigenvalue weighted by atomic mass is 19.4. The van der Waals surface area contributed by atoms with Gasteiger partial charge in [-0.05, 0) is 38.6 Å². The molecule has 32 heavy (non-hydrogen) atoms. The molecule has 1 fully saturated rings. The summed E-state index contributed by atoms with van der Waals surface area (Å²) in [6.07, 6.45) is 2.14. The normalized spacial score (nSPS) is 18.4. The van der Waals surface area contributed by atoms with Crippen LogP contribution >= 0.6 is 0 Å². The number of pyridine rings is 1. The van der Waals surface area contributed by atoms with E-state index in [0.29, 0.717) is 12.6 Å². The number of halogens is 3. The van der Waals surface area contributed by atoms with Crippen LogP contribution in [-0.4, -0.2) is 80.0 Å². The summed E-state index contributed by atoms with van der Waals surface area (Å²) in [5.41, 5.74) is 0.971. The van der Waals surface area contributed by atoms with Crippen molar-refractivity contribution < 1.29 is 27.9 Å². The third-order valence-corrected chi connectivity index (χ3v) is 5.14. The average Bonchev–Trinajstić information content (AvgIpc) is 3.30. The Hall–Kier alpha value is -3.15. The number of nitrogens with zero attached hydrogens (tertiary/aromatic N) is 5. The third kappa shape index (κ3) is 6.67. The zero-order valence-corrected chi connectivity index (χ0v) is 18.0. The third-order valence-electron chi connectivity index (χ3n) is 5.14. The molecule has 0 spiro atoms. The number of hydrogen-bond acceptors (Lipinski definition) is 5. The maximum Gasteiger partial charge on any atom is 0.490 e. The Morgan fingerprint density at radius 3 is 2.44 bits per heavy atom. The fourth-order valence-electron chi connectivity index (χ4n) is 3.64. The van der Waals surface area contributed by atoms with E-state index >= 15 is 0 Å². The van der Waals surface area contributed by atoms with Crippen molar-refractivity contribution in [3.05, 3.63) is 52.7 Å². The highest BCUT2D eigenvalue weighted by Crippen LogP contribution is 2.25. The van der Waals surface area contributed by atoms with Gasteiger partial charge >= 0.3 is 12.1 Å². The van der Waals surface area contributed by atoms with Crippen molar-refractivity contribution in [3.63, 3.8) is 0 Å². The topological polar surface area (TPSA) is 101 Å². The van der Waals surface area contributed by atoms with Crippen LogP contribution in [0.2, 0.25) is 0 Å². The van der Waals surface area contributed by atoms with E-state index in [2.05, 4.69) is 24.1 Å². The molecule has 1 aliphatic heterocycles. The standard InChI is InChI=1S/C18H25N5O2.C2HF3O2/c1-20(2)15-7-9-23(16(15)10-14-11-19-21(3)12-14)18(25)13-22-8-5-4-6-17(22)24;3-2(4,5)1(6)7/h4-6,8,11-12,15-16H,7,9-10,13H2,1-3H3;(H,6,7)/t15-,16+;/m1./s1. The molecule has 0 bridgehead atoms. The number of carbonyl (C=O) groups is 2. The van der Waals surface area contributed by atoms with E-state index in [9.17, 15) is 22.8 Å². The molecule has 0 aliphatic carbocycles. The van der Waals surface area contributed by atoms with Crippen LogP contribution in [0.1, 0.15) is 12.0 Å². The van der Waals surface area contributed by atoms with Gasteiger partial charge in [-0.15, -0.1) is 0 Å². The lowest BCUT2D eigenvalue weighted by Crippen LogP contribution is -2.47. The van der Waals surface area contributed by atoms with Gasteiger partial charge in [-0.1, -0.05) is 6.07 Å². The number of aryl methyl sites for hydroxylation is 1. The van der Waals surface area contributed by atoms with Crippen molar-refractivity contribution in [2.75, 3.05) is 20.6 Å². The molecule has 2 aromatic heterocycles. The van der Waals surface area contributed by atoms with Crippen LogP contribution in [0.25, 0.3) is 0 Å². The predicted octanol–water partition coefficient (Wildman–Crippen LogP) is 0.989. The van der Waals surface area contributed by atoms with Crippen molar-refractivity contribution in [2.45, 2.75) is 37.6 Å². The maximum atomic E-state index is 12.9. The summed E-state index contributed by atoms with van der Waals surface area (Å²) in [7, 11) is 6.00. The molecule has 9 nitrogen and oxygen atoms in total. The molecule has 1 amide bonds. The van der Waals surface area contributed by atoms with Crippen molar-refractivity contribution in [1.29, 1.82) is 0 Å². The largest absolute Gasteiger partial charge is 0.490 e. The number of amides is 1. The van der Waals surface area contributed by atoms with Crippen molar-refractivity contribution in [2.24, 2.45) is 7.05 Å². The van der Waals surface area contributed by atoms with Gasteiger partial charge in [0.2, 0.25) is 5.91 Å². The number of rotatable bonds is 5. The maximum absolute atomic E-state index is 12.9. The zero-order valence-electron chi connectivity index (χ0n) is 18.0. The first-order valence-corrected chi connectivity index (χ1v) is 9.79. The van der Waals surface area contributed by atoms with Crippen LogP contribution in [-0.2, 0) is 29.6 Å². The molecule has 176 valence electrons. The molecule has 12 heteroatoms. The van der Waals surface area contributed by atoms with Gasteiger partial charge in [0.25, 0.3) is 5.56 Å². The number of hydrogen-bond donors (Lipinski definition) is 1. The lowest BCUT2D eigenvalue weighted by molar-refractivity contribution is -0.192. The van der Waals surface area contributed by atoms with E-state index in [1.165, 1.54) is 10.6 Å². The summed E-state index contributed by atoms with van der Waals surface area (Å²) in [6.45, 7) is 0.803. The summed E-state index contributed by atoms with van der Waals surface area (Å²) in [6, 6.07) is 5.33. The number of likely N-dealkylation sites (tertiary alicyclic amines) is 1. The summed E-state index contributed by atoms with van der Waals surface area (Å²) < 4.78 is 35.0. The minimum absolute atomic E-state index is 0.00783. The van der Waals surface area contributed by atoms with Crippen LogP contribution in [0, 0.1) is 0 Å². The highest BCUT2D eigenvalue weighted by molar-refractivity contribution is 5.77. The Morgan fingerprint density at radius 2 is 1.94 bits per heavy atom. The average molecular weight is 457 g/mol. The van der Waals surface area contributed by atoms with E-state index in [4.69, 9.17) is 9.90 Å². The van der Waals surface area contributed by atoms with Crippen molar-refractivity contribution in [1.82, 2.24) is 24.1 Å². The Balaban J connectivity index is 0.000000451. The van der Waals surface area contributed by atoms with Crippen LogP contribution < -0.4 is 5.56 Å². The van der Waals surface area contributed by atoms with E-state index < -0.39 is 12.1 Å². The minimum atomic E-state index is -5.08. The van der Waals surface area contributed by atoms with Gasteiger partial charge in [-0.2, -0.15) is 18.3 Å². The lowest BCUT2D eigenvalue weighted by Gasteiger charge is -2.31. The molecule has 3 heterocycles. The quantitative estimate of drug-likeness (QED) is 0.719. The van der Waals surface area contributed by atoms with Gasteiger partial charge in [0.05, 0.1) is 12.2 Å². The molecule has 0 radical (unpaired) electrons. The van der Waals surface area contributed by atoms with Gasteiger partial charge in [0, 0.05) is 38.1 Å². The van der Waals surface area contributed by atoms with E-state index in [1.807, 2.05) is 24.3 Å². The zero-order chi connectivity index (χ0) is 24.1. The van der Waals surface area contributed by atoms with Crippen LogP contribution in [0.3, 0.4) is 0 Å². The second kappa shape index (κ2) is 10.4. The summed E-state index contributed by atoms with van der Waals surface area (Å²) in [5.74, 6) is -2.76. The first kappa shape index (κ1) is 25.1. The van der Waals surface area contributed by atoms with Crippen LogP contribution in [0.5, 0.6) is 0 Å². The Morgan fingerprint density at radius 1 is 1.28 bits per heavy atom. The van der Waals surface area contributed by atoms with Crippen LogP contribution in [0.4, 0.5) is 13.2 Å². The molecule has 1 aliphatic rings. The fraction of sp³-hybridized carbons (Fsp3) is 0.500. The van der Waals surface area contributed by atoms with Gasteiger partial charge < -0.3 is 19.5 Å². The second-order valence-electron chi connectivity index (χ2n) is 7.67. The monoisotopic (exact) mass is 457 g/mol. The number of carboxylic acids is 1. The molecule has 0 unspecified atom stereocenters. The highest BCUT2D eigenvalue weighted by Gasteiger charge is 2.39. The van der Waals surface area contributed by atoms with Gasteiger partial charge in [-0.25, -0.2) is 4.79 Å². The second-order valence-corrected chi connectivity index (χ2v) is 7.67. The van der Waals surface area contributed by atoms with Gasteiger partial charge in [0.15, 0.2) is 0 Å². The number of alkyl halides is 3. The molecular formula is C20H26F3N5O4. The predicted molar refractivity (Wildman–Crippen MR) is 109 cm³/mol. The van der Waals surface area contributed by atoms with E-state index in [1.54, 1.807) is 23.0 Å². The Kier molecular flexibility index (Phi) is 8.19. The number of aromatic nitrogens is 3. The lowest BCUT2D eigenvalue weighted by atomic mass is 10.0. The SMILES string of the molecule is CN(C)[C@@H]1CCN(C(=O)Cn2ccccc2=O)[C@H]1Cc1cnn(C)c1.O=C(O)C(F)(F)F. The first-order chi connectivity index (χ1) is 14.9.